The average molecular weight is 598 g/mol. The molecule has 4 aromatic carbocycles. The summed E-state index contributed by atoms with van der Waals surface area (Å²) in [5, 5.41) is 14.4. The third-order valence-electron chi connectivity index (χ3n) is 9.34. The number of Topliss-reactive ketones (excluding diaryl/α,β-unsaturated/α-hetero) is 2. The third-order valence-corrected chi connectivity index (χ3v) is 9.34. The number of rotatable bonds is 7. The molecule has 1 saturated heterocycles. The first kappa shape index (κ1) is 28.4. The predicted molar refractivity (Wildman–Crippen MR) is 173 cm³/mol. The van der Waals surface area contributed by atoms with Crippen molar-refractivity contribution in [1.29, 1.82) is 0 Å². The fourth-order valence-electron chi connectivity index (χ4n) is 7.49. The second-order valence-corrected chi connectivity index (χ2v) is 12.4. The summed E-state index contributed by atoms with van der Waals surface area (Å²) in [6, 6.07) is 26.2. The molecule has 8 heteroatoms. The molecule has 3 aliphatic heterocycles. The van der Waals surface area contributed by atoms with Crippen molar-refractivity contribution in [2.24, 2.45) is 11.8 Å². The van der Waals surface area contributed by atoms with Crippen molar-refractivity contribution < 1.29 is 19.3 Å². The average Bonchev–Trinajstić information content (AvgIpc) is 3.52. The van der Waals surface area contributed by atoms with Gasteiger partial charge >= 0.3 is 0 Å². The lowest BCUT2D eigenvalue weighted by molar-refractivity contribution is -0.384. The molecule has 224 valence electrons. The van der Waals surface area contributed by atoms with E-state index >= 15 is 0 Å². The van der Waals surface area contributed by atoms with Crippen LogP contribution in [0.4, 0.5) is 17.1 Å². The number of nitrogens with zero attached hydrogens (tertiary/aromatic N) is 2. The number of hydrogen-bond acceptors (Lipinski definition) is 6. The fourth-order valence-corrected chi connectivity index (χ4v) is 7.49. The summed E-state index contributed by atoms with van der Waals surface area (Å²) >= 11 is 0. The zero-order valence-corrected chi connectivity index (χ0v) is 24.8. The highest BCUT2D eigenvalue weighted by atomic mass is 16.6. The number of amides is 1. The van der Waals surface area contributed by atoms with Crippen molar-refractivity contribution in [2.45, 2.75) is 37.8 Å². The summed E-state index contributed by atoms with van der Waals surface area (Å²) in [5.74, 6) is -1.70. The number of nitrogens with one attached hydrogen (secondary N) is 1. The Morgan fingerprint density at radius 3 is 2.24 bits per heavy atom. The van der Waals surface area contributed by atoms with E-state index in [-0.39, 0.29) is 28.7 Å². The van der Waals surface area contributed by atoms with E-state index in [1.54, 1.807) is 12.1 Å². The molecule has 1 N–H and O–H groups in total. The highest BCUT2D eigenvalue weighted by molar-refractivity contribution is 6.18. The van der Waals surface area contributed by atoms with Gasteiger partial charge in [0.1, 0.15) is 11.5 Å². The molecule has 0 saturated carbocycles. The van der Waals surface area contributed by atoms with Crippen LogP contribution in [-0.2, 0) is 16.6 Å². The molecule has 0 bridgehead atoms. The Morgan fingerprint density at radius 1 is 0.889 bits per heavy atom. The summed E-state index contributed by atoms with van der Waals surface area (Å²) in [4.78, 5) is 57.0. The maximum Gasteiger partial charge on any atom is 0.269 e. The lowest BCUT2D eigenvalue weighted by Gasteiger charge is -2.37. The van der Waals surface area contributed by atoms with Gasteiger partial charge in [-0.15, -0.1) is 0 Å². The minimum Gasteiger partial charge on any atom is -0.352 e. The molecule has 3 aliphatic rings. The van der Waals surface area contributed by atoms with Gasteiger partial charge < -0.3 is 10.2 Å². The van der Waals surface area contributed by atoms with Crippen LogP contribution in [0.5, 0.6) is 0 Å². The largest absolute Gasteiger partial charge is 0.352 e. The summed E-state index contributed by atoms with van der Waals surface area (Å²) < 4.78 is 0. The number of para-hydroxylation sites is 2. The quantitative estimate of drug-likeness (QED) is 0.145. The van der Waals surface area contributed by atoms with Gasteiger partial charge in [-0.2, -0.15) is 0 Å². The molecule has 1 amide bonds. The number of non-ortho nitro benzene ring substituents is 1. The van der Waals surface area contributed by atoms with Crippen LogP contribution in [0.15, 0.2) is 103 Å². The van der Waals surface area contributed by atoms with Crippen LogP contribution >= 0.6 is 0 Å². The van der Waals surface area contributed by atoms with E-state index in [9.17, 15) is 24.5 Å². The number of carbonyl (C=O) groups is 3. The van der Waals surface area contributed by atoms with Crippen LogP contribution in [0.2, 0.25) is 0 Å². The Labute approximate surface area is 260 Å². The normalized spacial score (nSPS) is 22.6. The standard InChI is InChI=1S/C37H31N3O5/c1-22(2)21-23-11-13-25(14-12-23)34(41)32-33(35(42)26-15-18-27(19-16-26)40(44)45)39-30-10-6-3-7-24(30)17-20-31(39)37(32)28-8-4-5-9-29(28)38-36(37)43/h3-20,22,31-33H,21H2,1-2H3,(H,38,43). The Bertz CT molecular complexity index is 1900. The molecular weight excluding hydrogens is 566 g/mol. The number of nitro groups is 1. The Balaban J connectivity index is 1.47. The SMILES string of the molecule is CC(C)Cc1ccc(C(=O)C2C(C(=O)c3ccc([N+](=O)[O-])cc3)N3c4ccccc4C=CC3C23C(=O)Nc2ccccc23)cc1. The summed E-state index contributed by atoms with van der Waals surface area (Å²) in [6.45, 7) is 4.26. The molecule has 4 unspecified atom stereocenters. The molecule has 0 aromatic heterocycles. The number of benzene rings is 4. The first-order chi connectivity index (χ1) is 21.7. The van der Waals surface area contributed by atoms with Gasteiger partial charge in [-0.3, -0.25) is 24.5 Å². The van der Waals surface area contributed by atoms with Gasteiger partial charge in [0.25, 0.3) is 5.69 Å². The smallest absolute Gasteiger partial charge is 0.269 e. The van der Waals surface area contributed by atoms with E-state index in [0.29, 0.717) is 22.7 Å². The first-order valence-electron chi connectivity index (χ1n) is 15.1. The molecule has 0 radical (unpaired) electrons. The molecule has 1 fully saturated rings. The molecule has 8 nitrogen and oxygen atoms in total. The minimum absolute atomic E-state index is 0.142. The zero-order chi connectivity index (χ0) is 31.5. The van der Waals surface area contributed by atoms with Crippen molar-refractivity contribution in [1.82, 2.24) is 0 Å². The number of ketones is 2. The van der Waals surface area contributed by atoms with E-state index in [0.717, 1.165) is 23.2 Å². The lowest BCUT2D eigenvalue weighted by atomic mass is 9.64. The second-order valence-electron chi connectivity index (χ2n) is 12.4. The summed E-state index contributed by atoms with van der Waals surface area (Å²) in [7, 11) is 0. The topological polar surface area (TPSA) is 110 Å². The van der Waals surface area contributed by atoms with Gasteiger partial charge in [0.15, 0.2) is 11.6 Å². The highest BCUT2D eigenvalue weighted by Crippen LogP contribution is 2.58. The minimum atomic E-state index is -1.42. The molecular formula is C37H31N3O5. The maximum atomic E-state index is 15.0. The lowest BCUT2D eigenvalue weighted by Crippen LogP contribution is -2.51. The van der Waals surface area contributed by atoms with Gasteiger partial charge in [-0.1, -0.05) is 86.7 Å². The molecule has 4 aromatic rings. The van der Waals surface area contributed by atoms with E-state index in [2.05, 4.69) is 19.2 Å². The monoisotopic (exact) mass is 597 g/mol. The number of anilines is 2. The summed E-state index contributed by atoms with van der Waals surface area (Å²) in [5.41, 5.74) is 3.07. The van der Waals surface area contributed by atoms with Gasteiger partial charge in [-0.25, -0.2) is 0 Å². The van der Waals surface area contributed by atoms with Crippen LogP contribution < -0.4 is 10.2 Å². The van der Waals surface area contributed by atoms with Crippen molar-refractivity contribution in [3.8, 4) is 0 Å². The second kappa shape index (κ2) is 10.7. The first-order valence-corrected chi connectivity index (χ1v) is 15.1. The van der Waals surface area contributed by atoms with E-state index in [1.165, 1.54) is 24.3 Å². The van der Waals surface area contributed by atoms with Crippen LogP contribution in [0, 0.1) is 22.0 Å². The molecule has 4 atom stereocenters. The van der Waals surface area contributed by atoms with Gasteiger partial charge in [-0.05, 0) is 53.3 Å². The predicted octanol–water partition coefficient (Wildman–Crippen LogP) is 6.65. The summed E-state index contributed by atoms with van der Waals surface area (Å²) in [6.07, 6.45) is 4.74. The van der Waals surface area contributed by atoms with Crippen molar-refractivity contribution in [3.05, 3.63) is 141 Å². The number of carbonyl (C=O) groups excluding carboxylic acids is 3. The van der Waals surface area contributed by atoms with E-state index in [1.807, 2.05) is 77.7 Å². The van der Waals surface area contributed by atoms with Crippen LogP contribution in [-0.4, -0.2) is 34.5 Å². The van der Waals surface area contributed by atoms with Crippen molar-refractivity contribution in [2.75, 3.05) is 10.2 Å². The van der Waals surface area contributed by atoms with Crippen LogP contribution in [0.1, 0.15) is 51.3 Å². The van der Waals surface area contributed by atoms with Crippen molar-refractivity contribution in [3.63, 3.8) is 0 Å². The highest BCUT2D eigenvalue weighted by Gasteiger charge is 2.70. The molecule has 7 rings (SSSR count). The Hall–Kier alpha value is -5.37. The van der Waals surface area contributed by atoms with Crippen LogP contribution in [0.3, 0.4) is 0 Å². The third kappa shape index (κ3) is 4.31. The Morgan fingerprint density at radius 2 is 1.53 bits per heavy atom. The van der Waals surface area contributed by atoms with E-state index < -0.39 is 28.3 Å². The fraction of sp³-hybridized carbons (Fsp3) is 0.216. The van der Waals surface area contributed by atoms with Gasteiger partial charge in [0, 0.05) is 34.6 Å². The van der Waals surface area contributed by atoms with Crippen molar-refractivity contribution >= 4 is 40.6 Å². The maximum absolute atomic E-state index is 15.0. The molecule has 1 spiro atoms. The number of nitro benzene ring substituents is 1. The zero-order valence-electron chi connectivity index (χ0n) is 24.8. The molecule has 3 heterocycles. The number of fused-ring (bicyclic) bond motifs is 6. The van der Waals surface area contributed by atoms with E-state index in [4.69, 9.17) is 0 Å². The molecule has 0 aliphatic carbocycles. The number of hydrogen-bond donors (Lipinski definition) is 1. The van der Waals surface area contributed by atoms with Gasteiger partial charge in [0.05, 0.1) is 16.9 Å². The van der Waals surface area contributed by atoms with Gasteiger partial charge in [0.2, 0.25) is 5.91 Å². The Kier molecular flexibility index (Phi) is 6.73. The molecule has 45 heavy (non-hydrogen) atoms. The van der Waals surface area contributed by atoms with Crippen LogP contribution in [0.25, 0.3) is 6.08 Å².